The number of rotatable bonds is 1. The average molecular weight is 145 g/mol. The number of nitrogens with zero attached hydrogens (tertiary/aromatic N) is 1. The highest BCUT2D eigenvalue weighted by atomic mass is 32.2. The lowest BCUT2D eigenvalue weighted by Gasteiger charge is -2.13. The first kappa shape index (κ1) is 6.11. The maximum absolute atomic E-state index is 4.76. The molecule has 44 valence electrons. The van der Waals surface area contributed by atoms with Gasteiger partial charge in [-0.25, -0.2) is 0 Å². The summed E-state index contributed by atoms with van der Waals surface area (Å²) in [7, 11) is 2.02. The van der Waals surface area contributed by atoms with Crippen molar-refractivity contribution in [3.8, 4) is 0 Å². The fourth-order valence-corrected chi connectivity index (χ4v) is 1.65. The second-order valence-electron chi connectivity index (χ2n) is 1.61. The molecular formula is C5H7NS2. The molecule has 1 nitrogen and oxygen atoms in total. The van der Waals surface area contributed by atoms with Crippen LogP contribution in [-0.4, -0.2) is 22.7 Å². The molecule has 0 aromatic rings. The Kier molecular flexibility index (Phi) is 1.91. The van der Waals surface area contributed by atoms with Crippen molar-refractivity contribution in [3.05, 3.63) is 11.6 Å². The minimum atomic E-state index is 0.394. The van der Waals surface area contributed by atoms with E-state index in [1.54, 1.807) is 17.1 Å². The molecule has 0 bridgehead atoms. The van der Waals surface area contributed by atoms with Crippen LogP contribution in [0.4, 0.5) is 0 Å². The zero-order valence-electron chi connectivity index (χ0n) is 4.57. The number of hydrogen-bond acceptors (Lipinski definition) is 3. The molecule has 0 amide bonds. The van der Waals surface area contributed by atoms with Gasteiger partial charge in [0.15, 0.2) is 0 Å². The summed E-state index contributed by atoms with van der Waals surface area (Å²) >= 11 is 6.50. The van der Waals surface area contributed by atoms with E-state index in [4.69, 9.17) is 12.2 Å². The van der Waals surface area contributed by atoms with Crippen LogP contribution >= 0.6 is 24.0 Å². The molecule has 1 atom stereocenters. The Morgan fingerprint density at radius 1 is 1.88 bits per heavy atom. The topological polar surface area (TPSA) is 3.24 Å². The maximum Gasteiger partial charge on any atom is 0.107 e. The van der Waals surface area contributed by atoms with Crippen molar-refractivity contribution in [2.75, 3.05) is 7.05 Å². The van der Waals surface area contributed by atoms with Crippen LogP contribution in [0, 0.1) is 0 Å². The molecule has 0 aliphatic carbocycles. The summed E-state index contributed by atoms with van der Waals surface area (Å²) in [6.07, 6.45) is 2.03. The Labute approximate surface area is 58.7 Å². The molecule has 0 aromatic carbocycles. The van der Waals surface area contributed by atoms with Gasteiger partial charge in [0.05, 0.1) is 0 Å². The molecule has 0 fully saturated rings. The van der Waals surface area contributed by atoms with Crippen molar-refractivity contribution in [1.82, 2.24) is 4.90 Å². The van der Waals surface area contributed by atoms with E-state index >= 15 is 0 Å². The number of hydrogen-bond donors (Lipinski definition) is 0. The van der Waals surface area contributed by atoms with Gasteiger partial charge in [-0.05, 0) is 5.41 Å². The second kappa shape index (κ2) is 2.51. The Morgan fingerprint density at radius 2 is 2.62 bits per heavy atom. The largest absolute Gasteiger partial charge is 0.364 e. The molecule has 0 spiro atoms. The zero-order valence-corrected chi connectivity index (χ0v) is 6.21. The van der Waals surface area contributed by atoms with Gasteiger partial charge in [0.25, 0.3) is 0 Å². The molecule has 0 radical (unpaired) electrons. The molecule has 0 saturated carbocycles. The number of thioether (sulfide) groups is 1. The van der Waals surface area contributed by atoms with E-state index in [2.05, 4.69) is 4.90 Å². The van der Waals surface area contributed by atoms with E-state index in [0.717, 1.165) is 0 Å². The molecule has 0 aromatic heterocycles. The van der Waals surface area contributed by atoms with Crippen molar-refractivity contribution in [1.29, 1.82) is 0 Å². The van der Waals surface area contributed by atoms with Gasteiger partial charge in [0, 0.05) is 18.6 Å². The van der Waals surface area contributed by atoms with E-state index in [1.807, 2.05) is 18.7 Å². The summed E-state index contributed by atoms with van der Waals surface area (Å²) in [5, 5.41) is 4.21. The monoisotopic (exact) mass is 145 g/mol. The molecule has 3 heteroatoms. The molecule has 0 N–H and O–H groups in total. The summed E-state index contributed by atoms with van der Waals surface area (Å²) in [4.78, 5) is 2.08. The standard InChI is InChI=1S/C5H7NS2/c1-6-2-3-8-5(6)4-7/h2-5H,1H3. The molecule has 1 aliphatic rings. The maximum atomic E-state index is 4.76. The van der Waals surface area contributed by atoms with Gasteiger partial charge in [-0.1, -0.05) is 12.2 Å². The van der Waals surface area contributed by atoms with Crippen molar-refractivity contribution < 1.29 is 0 Å². The van der Waals surface area contributed by atoms with Crippen molar-refractivity contribution >= 4 is 29.3 Å². The molecule has 1 unspecified atom stereocenters. The summed E-state index contributed by atoms with van der Waals surface area (Å²) in [5.41, 5.74) is 0. The fraction of sp³-hybridized carbons (Fsp3) is 0.400. The molecule has 0 saturated heterocycles. The van der Waals surface area contributed by atoms with Crippen LogP contribution in [0.2, 0.25) is 0 Å². The van der Waals surface area contributed by atoms with Gasteiger partial charge in [-0.3, -0.25) is 0 Å². The SMILES string of the molecule is CN1C=CSC1C=S. The van der Waals surface area contributed by atoms with E-state index in [0.29, 0.717) is 5.37 Å². The van der Waals surface area contributed by atoms with E-state index in [9.17, 15) is 0 Å². The third-order valence-electron chi connectivity index (χ3n) is 1.03. The highest BCUT2D eigenvalue weighted by Gasteiger charge is 2.11. The van der Waals surface area contributed by atoms with Crippen LogP contribution in [-0.2, 0) is 0 Å². The predicted molar refractivity (Wildman–Crippen MR) is 41.9 cm³/mol. The fourth-order valence-electron chi connectivity index (χ4n) is 0.521. The van der Waals surface area contributed by atoms with Gasteiger partial charge in [-0.15, -0.1) is 11.8 Å². The van der Waals surface area contributed by atoms with Crippen LogP contribution in [0.15, 0.2) is 11.6 Å². The van der Waals surface area contributed by atoms with Gasteiger partial charge < -0.3 is 4.90 Å². The Hall–Kier alpha value is -0.0200. The third-order valence-corrected chi connectivity index (χ3v) is 2.49. The minimum Gasteiger partial charge on any atom is -0.364 e. The average Bonchev–Trinajstić information content (AvgIpc) is 2.14. The second-order valence-corrected chi connectivity index (χ2v) is 2.91. The highest BCUT2D eigenvalue weighted by Crippen LogP contribution is 2.20. The van der Waals surface area contributed by atoms with Crippen molar-refractivity contribution in [2.45, 2.75) is 5.37 Å². The number of thiocarbonyl (C=S) groups is 1. The van der Waals surface area contributed by atoms with Crippen molar-refractivity contribution in [3.63, 3.8) is 0 Å². The van der Waals surface area contributed by atoms with E-state index in [-0.39, 0.29) is 0 Å². The molecule has 1 heterocycles. The summed E-state index contributed by atoms with van der Waals surface area (Å²) in [6.45, 7) is 0. The third kappa shape index (κ3) is 1.03. The Morgan fingerprint density at radius 3 is 2.88 bits per heavy atom. The Balaban J connectivity index is 2.50. The predicted octanol–water partition coefficient (Wildman–Crippen LogP) is 1.46. The van der Waals surface area contributed by atoms with Crippen LogP contribution in [0.3, 0.4) is 0 Å². The molecule has 1 rings (SSSR count). The summed E-state index contributed by atoms with van der Waals surface area (Å²) in [6, 6.07) is 0. The van der Waals surface area contributed by atoms with Crippen LogP contribution in [0.5, 0.6) is 0 Å². The first-order chi connectivity index (χ1) is 3.84. The molecular weight excluding hydrogens is 138 g/mol. The van der Waals surface area contributed by atoms with Gasteiger partial charge >= 0.3 is 0 Å². The summed E-state index contributed by atoms with van der Waals surface area (Å²) in [5.74, 6) is 0. The van der Waals surface area contributed by atoms with Crippen LogP contribution in [0.25, 0.3) is 0 Å². The first-order valence-corrected chi connectivity index (χ1v) is 3.75. The highest BCUT2D eigenvalue weighted by molar-refractivity contribution is 8.04. The zero-order chi connectivity index (χ0) is 5.98. The van der Waals surface area contributed by atoms with Crippen LogP contribution < -0.4 is 0 Å². The summed E-state index contributed by atoms with van der Waals surface area (Å²) < 4.78 is 0. The quantitative estimate of drug-likeness (QED) is 0.514. The lowest BCUT2D eigenvalue weighted by molar-refractivity contribution is 0.512. The van der Waals surface area contributed by atoms with Crippen molar-refractivity contribution in [2.24, 2.45) is 0 Å². The lowest BCUT2D eigenvalue weighted by Crippen LogP contribution is -2.19. The smallest absolute Gasteiger partial charge is 0.107 e. The molecule has 1 aliphatic heterocycles. The van der Waals surface area contributed by atoms with E-state index < -0.39 is 0 Å². The van der Waals surface area contributed by atoms with Gasteiger partial charge in [0.1, 0.15) is 5.37 Å². The Bertz CT molecular complexity index is 122. The minimum absolute atomic E-state index is 0.394. The normalized spacial score (nSPS) is 26.6. The van der Waals surface area contributed by atoms with Gasteiger partial charge in [0.2, 0.25) is 0 Å². The van der Waals surface area contributed by atoms with Gasteiger partial charge in [-0.2, -0.15) is 0 Å². The first-order valence-electron chi connectivity index (χ1n) is 2.34. The lowest BCUT2D eigenvalue weighted by atomic mass is 10.6. The van der Waals surface area contributed by atoms with E-state index in [1.165, 1.54) is 0 Å². The molecule has 8 heavy (non-hydrogen) atoms. The van der Waals surface area contributed by atoms with Crippen LogP contribution in [0.1, 0.15) is 0 Å².